The summed E-state index contributed by atoms with van der Waals surface area (Å²) >= 11 is 6.59. The van der Waals surface area contributed by atoms with Gasteiger partial charge in [0.2, 0.25) is 5.88 Å². The SMILES string of the molecule is COc1cc(Cc2sc(=S)[nH]c2O)cc(-c2cc3c(cc2C)C(C)(C)CCC3(C)C)c1OC. The van der Waals surface area contributed by atoms with E-state index in [9.17, 15) is 5.11 Å². The largest absolute Gasteiger partial charge is 0.494 e. The number of aromatic hydroxyl groups is 1. The predicted molar refractivity (Wildman–Crippen MR) is 139 cm³/mol. The number of aromatic amines is 1. The zero-order valence-electron chi connectivity index (χ0n) is 20.5. The molecule has 0 saturated carbocycles. The van der Waals surface area contributed by atoms with Gasteiger partial charge in [-0.2, -0.15) is 0 Å². The Hall–Kier alpha value is -2.31. The first-order valence-corrected chi connectivity index (χ1v) is 12.5. The van der Waals surface area contributed by atoms with Crippen molar-refractivity contribution in [3.8, 4) is 28.5 Å². The van der Waals surface area contributed by atoms with Crippen LogP contribution in [0.1, 0.15) is 67.7 Å². The zero-order valence-corrected chi connectivity index (χ0v) is 22.1. The van der Waals surface area contributed by atoms with E-state index in [1.54, 1.807) is 14.2 Å². The highest BCUT2D eigenvalue weighted by Gasteiger charge is 2.37. The first kappa shape index (κ1) is 23.8. The molecular formula is C27H33NO3S2. The molecule has 1 aliphatic carbocycles. The minimum Gasteiger partial charge on any atom is -0.494 e. The zero-order chi connectivity index (χ0) is 24.1. The summed E-state index contributed by atoms with van der Waals surface area (Å²) in [6.07, 6.45) is 2.90. The third kappa shape index (κ3) is 4.31. The lowest BCUT2D eigenvalue weighted by molar-refractivity contribution is 0.332. The molecule has 3 aromatic rings. The standard InChI is InChI=1S/C27H33NO3S2/c1-15-10-19-20(27(4,5)9-8-26(19,2)3)14-17(15)18-11-16(12-21(30-6)23(18)31-7)13-22-24(29)28-25(32)33-22/h10-12,14,29H,8-9,13H2,1-7H3,(H,28,32). The fraction of sp³-hybridized carbons (Fsp3) is 0.444. The van der Waals surface area contributed by atoms with Gasteiger partial charge in [-0.05, 0) is 88.8 Å². The Kier molecular flexibility index (Phi) is 6.12. The smallest absolute Gasteiger partial charge is 0.203 e. The van der Waals surface area contributed by atoms with E-state index in [-0.39, 0.29) is 16.7 Å². The molecule has 0 atom stereocenters. The summed E-state index contributed by atoms with van der Waals surface area (Å²) in [7, 11) is 3.35. The van der Waals surface area contributed by atoms with Gasteiger partial charge < -0.3 is 19.6 Å². The highest BCUT2D eigenvalue weighted by Crippen LogP contribution is 2.49. The highest BCUT2D eigenvalue weighted by atomic mass is 32.1. The van der Waals surface area contributed by atoms with Crippen LogP contribution in [0, 0.1) is 10.9 Å². The van der Waals surface area contributed by atoms with Gasteiger partial charge >= 0.3 is 0 Å². The number of benzene rings is 2. The quantitative estimate of drug-likeness (QED) is 0.370. The number of hydrogen-bond donors (Lipinski definition) is 2. The maximum atomic E-state index is 10.2. The molecule has 1 aromatic heterocycles. The predicted octanol–water partition coefficient (Wildman–Crippen LogP) is 7.44. The van der Waals surface area contributed by atoms with Crippen LogP contribution >= 0.6 is 23.6 Å². The molecule has 0 bridgehead atoms. The molecule has 176 valence electrons. The van der Waals surface area contributed by atoms with Crippen LogP contribution in [-0.2, 0) is 17.3 Å². The van der Waals surface area contributed by atoms with Gasteiger partial charge in [-0.25, -0.2) is 0 Å². The van der Waals surface area contributed by atoms with E-state index in [1.165, 1.54) is 34.4 Å². The van der Waals surface area contributed by atoms with Gasteiger partial charge in [0.1, 0.15) is 0 Å². The summed E-state index contributed by atoms with van der Waals surface area (Å²) < 4.78 is 12.1. The minimum absolute atomic E-state index is 0.112. The van der Waals surface area contributed by atoms with E-state index in [1.807, 2.05) is 6.07 Å². The molecule has 0 saturated heterocycles. The second-order valence-electron chi connectivity index (χ2n) is 10.3. The van der Waals surface area contributed by atoms with Gasteiger partial charge in [-0.15, -0.1) is 11.3 Å². The van der Waals surface area contributed by atoms with E-state index < -0.39 is 0 Å². The summed E-state index contributed by atoms with van der Waals surface area (Å²) in [5, 5.41) is 10.2. The summed E-state index contributed by atoms with van der Waals surface area (Å²) in [5.74, 6) is 1.54. The third-order valence-corrected chi connectivity index (χ3v) is 8.32. The maximum absolute atomic E-state index is 10.2. The van der Waals surface area contributed by atoms with Crippen molar-refractivity contribution < 1.29 is 14.6 Å². The Bertz CT molecular complexity index is 1270. The molecule has 2 N–H and O–H groups in total. The third-order valence-electron chi connectivity index (χ3n) is 7.09. The van der Waals surface area contributed by atoms with Crippen molar-refractivity contribution in [3.63, 3.8) is 0 Å². The normalized spacial score (nSPS) is 16.3. The average Bonchev–Trinajstić information content (AvgIpc) is 3.07. The van der Waals surface area contributed by atoms with Crippen LogP contribution in [0.3, 0.4) is 0 Å². The lowest BCUT2D eigenvalue weighted by atomic mass is 9.62. The van der Waals surface area contributed by atoms with Gasteiger partial charge in [-0.1, -0.05) is 33.8 Å². The molecule has 4 rings (SSSR count). The van der Waals surface area contributed by atoms with Crippen molar-refractivity contribution in [2.75, 3.05) is 14.2 Å². The highest BCUT2D eigenvalue weighted by molar-refractivity contribution is 7.73. The molecule has 1 aliphatic rings. The fourth-order valence-electron chi connectivity index (χ4n) is 4.99. The van der Waals surface area contributed by atoms with Gasteiger partial charge in [0.05, 0.1) is 19.1 Å². The molecule has 0 fully saturated rings. The lowest BCUT2D eigenvalue weighted by Crippen LogP contribution is -2.34. The summed E-state index contributed by atoms with van der Waals surface area (Å²) in [4.78, 5) is 3.63. The molecule has 33 heavy (non-hydrogen) atoms. The Labute approximate surface area is 205 Å². The Morgan fingerprint density at radius 1 is 0.970 bits per heavy atom. The van der Waals surface area contributed by atoms with Crippen LogP contribution in [0.4, 0.5) is 0 Å². The molecule has 0 amide bonds. The first-order chi connectivity index (χ1) is 15.5. The second kappa shape index (κ2) is 8.48. The van der Waals surface area contributed by atoms with Crippen molar-refractivity contribution in [2.45, 2.75) is 64.7 Å². The molecule has 0 unspecified atom stereocenters. The van der Waals surface area contributed by atoms with Gasteiger partial charge in [0, 0.05) is 12.0 Å². The Morgan fingerprint density at radius 3 is 2.15 bits per heavy atom. The lowest BCUT2D eigenvalue weighted by Gasteiger charge is -2.42. The number of ether oxygens (including phenoxy) is 2. The molecule has 2 aromatic carbocycles. The monoisotopic (exact) mass is 483 g/mol. The van der Waals surface area contributed by atoms with Gasteiger partial charge in [0.15, 0.2) is 15.5 Å². The number of nitrogens with one attached hydrogen (secondary N) is 1. The molecule has 4 nitrogen and oxygen atoms in total. The van der Waals surface area contributed by atoms with Gasteiger partial charge in [0.25, 0.3) is 0 Å². The molecule has 0 radical (unpaired) electrons. The van der Waals surface area contributed by atoms with E-state index in [2.05, 4.69) is 57.8 Å². The van der Waals surface area contributed by atoms with Crippen LogP contribution in [0.2, 0.25) is 0 Å². The molecule has 0 spiro atoms. The van der Waals surface area contributed by atoms with Crippen molar-refractivity contribution in [1.29, 1.82) is 0 Å². The van der Waals surface area contributed by atoms with Gasteiger partial charge in [-0.3, -0.25) is 0 Å². The molecule has 1 heterocycles. The van der Waals surface area contributed by atoms with Crippen molar-refractivity contribution >= 4 is 23.6 Å². The van der Waals surface area contributed by atoms with Crippen LogP contribution in [0.15, 0.2) is 24.3 Å². The number of thiazole rings is 1. The topological polar surface area (TPSA) is 54.5 Å². The summed E-state index contributed by atoms with van der Waals surface area (Å²) in [5.41, 5.74) is 7.53. The minimum atomic E-state index is 0.112. The molecule has 0 aliphatic heterocycles. The second-order valence-corrected chi connectivity index (χ2v) is 12.1. The summed E-state index contributed by atoms with van der Waals surface area (Å²) in [6.45, 7) is 11.6. The van der Waals surface area contributed by atoms with Crippen LogP contribution in [0.25, 0.3) is 11.1 Å². The van der Waals surface area contributed by atoms with E-state index in [0.717, 1.165) is 33.7 Å². The van der Waals surface area contributed by atoms with Crippen LogP contribution in [0.5, 0.6) is 17.4 Å². The number of aryl methyl sites for hydroxylation is 1. The molecule has 6 heteroatoms. The summed E-state index contributed by atoms with van der Waals surface area (Å²) in [6, 6.07) is 8.86. The molecular weight excluding hydrogens is 450 g/mol. The number of aromatic nitrogens is 1. The number of fused-ring (bicyclic) bond motifs is 1. The van der Waals surface area contributed by atoms with Crippen molar-refractivity contribution in [2.24, 2.45) is 0 Å². The van der Waals surface area contributed by atoms with E-state index in [0.29, 0.717) is 16.1 Å². The fourth-order valence-corrected chi connectivity index (χ4v) is 6.15. The number of H-pyrrole nitrogens is 1. The first-order valence-electron chi connectivity index (χ1n) is 11.3. The number of rotatable bonds is 5. The van der Waals surface area contributed by atoms with Crippen molar-refractivity contribution in [3.05, 3.63) is 55.4 Å². The van der Waals surface area contributed by atoms with Crippen molar-refractivity contribution in [1.82, 2.24) is 4.98 Å². The van der Waals surface area contributed by atoms with Crippen LogP contribution < -0.4 is 9.47 Å². The Morgan fingerprint density at radius 2 is 1.61 bits per heavy atom. The van der Waals surface area contributed by atoms with E-state index in [4.69, 9.17) is 21.7 Å². The average molecular weight is 484 g/mol. The number of hydrogen-bond acceptors (Lipinski definition) is 5. The number of methoxy groups -OCH3 is 2. The van der Waals surface area contributed by atoms with Crippen LogP contribution in [-0.4, -0.2) is 24.3 Å². The van der Waals surface area contributed by atoms with E-state index >= 15 is 0 Å². The Balaban J connectivity index is 1.93. The maximum Gasteiger partial charge on any atom is 0.203 e.